The monoisotopic (exact) mass is 219 g/mol. The molecule has 1 N–H and O–H groups in total. The number of thiophene rings is 1. The molecule has 0 spiro atoms. The molecule has 76 valence electrons. The summed E-state index contributed by atoms with van der Waals surface area (Å²) in [5, 5.41) is 10.5. The Labute approximate surface area is 90.9 Å². The molecule has 0 aliphatic carbocycles. The van der Waals surface area contributed by atoms with E-state index in [4.69, 9.17) is 5.11 Å². The lowest BCUT2D eigenvalue weighted by Crippen LogP contribution is -1.89. The van der Waals surface area contributed by atoms with Gasteiger partial charge in [0.05, 0.1) is 10.6 Å². The number of nitrogens with zero attached hydrogens (tertiary/aromatic N) is 1. The van der Waals surface area contributed by atoms with Gasteiger partial charge in [0.2, 0.25) is 0 Å². The van der Waals surface area contributed by atoms with Crippen LogP contribution >= 0.6 is 11.3 Å². The molecular weight excluding hydrogens is 210 g/mol. The molecule has 2 heterocycles. The van der Waals surface area contributed by atoms with Gasteiger partial charge in [-0.15, -0.1) is 11.3 Å². The fraction of sp³-hybridized carbons (Fsp3) is 0. The number of carboxylic acid groups (broad SMARTS) is 1. The fourth-order valence-corrected chi connectivity index (χ4v) is 2.08. The second kappa shape index (κ2) is 4.14. The first-order valence-corrected chi connectivity index (χ1v) is 5.27. The minimum Gasteiger partial charge on any atom is -0.478 e. The van der Waals surface area contributed by atoms with E-state index in [9.17, 15) is 4.79 Å². The zero-order valence-corrected chi connectivity index (χ0v) is 8.65. The molecule has 0 aliphatic heterocycles. The highest BCUT2D eigenvalue weighted by Crippen LogP contribution is 2.22. The zero-order chi connectivity index (χ0) is 10.7. The maximum absolute atomic E-state index is 10.4. The van der Waals surface area contributed by atoms with E-state index in [1.165, 1.54) is 11.3 Å². The molecule has 2 aromatic heterocycles. The first-order valence-electron chi connectivity index (χ1n) is 4.39. The van der Waals surface area contributed by atoms with Gasteiger partial charge in [0.15, 0.2) is 0 Å². The molecule has 0 fully saturated rings. The van der Waals surface area contributed by atoms with Crippen molar-refractivity contribution in [2.45, 2.75) is 0 Å². The lowest BCUT2D eigenvalue weighted by molar-refractivity contribution is -0.131. The summed E-state index contributed by atoms with van der Waals surface area (Å²) >= 11 is 1.52. The van der Waals surface area contributed by atoms with Crippen molar-refractivity contribution in [3.63, 3.8) is 0 Å². The predicted molar refractivity (Wildman–Crippen MR) is 60.3 cm³/mol. The Morgan fingerprint density at radius 2 is 2.13 bits per heavy atom. The molecule has 2 rings (SSSR count). The highest BCUT2D eigenvalue weighted by atomic mass is 32.1. The van der Waals surface area contributed by atoms with E-state index >= 15 is 0 Å². The van der Waals surface area contributed by atoms with Gasteiger partial charge in [-0.05, 0) is 29.7 Å². The van der Waals surface area contributed by atoms with Gasteiger partial charge in [0.25, 0.3) is 0 Å². The van der Waals surface area contributed by atoms with Crippen LogP contribution in [0.4, 0.5) is 0 Å². The summed E-state index contributed by atoms with van der Waals surface area (Å²) in [6.45, 7) is 0. The second-order valence-electron chi connectivity index (χ2n) is 2.93. The summed E-state index contributed by atoms with van der Waals surface area (Å²) in [5.74, 6) is -0.929. The lowest BCUT2D eigenvalue weighted by Gasteiger charge is -2.00. The molecule has 0 amide bonds. The first kappa shape index (κ1) is 9.73. The van der Waals surface area contributed by atoms with Crippen LogP contribution in [-0.4, -0.2) is 15.6 Å². The standard InChI is InChI=1S/C11H9NO2S/c13-11(14)4-3-10-9(5-8-15-10)12-6-1-2-7-12/h1-8H,(H,13,14)/b4-3+. The Kier molecular flexibility index (Phi) is 2.69. The number of hydrogen-bond acceptors (Lipinski definition) is 2. The fourth-order valence-electron chi connectivity index (χ4n) is 1.29. The molecule has 0 unspecified atom stereocenters. The van der Waals surface area contributed by atoms with Crippen LogP contribution in [0.2, 0.25) is 0 Å². The smallest absolute Gasteiger partial charge is 0.328 e. The van der Waals surface area contributed by atoms with E-state index in [2.05, 4.69) is 0 Å². The van der Waals surface area contributed by atoms with Gasteiger partial charge in [-0.25, -0.2) is 4.79 Å². The van der Waals surface area contributed by atoms with Gasteiger partial charge in [-0.3, -0.25) is 0 Å². The van der Waals surface area contributed by atoms with E-state index in [-0.39, 0.29) is 0 Å². The second-order valence-corrected chi connectivity index (χ2v) is 3.88. The predicted octanol–water partition coefficient (Wildman–Crippen LogP) is 2.64. The van der Waals surface area contributed by atoms with Gasteiger partial charge in [-0.2, -0.15) is 0 Å². The van der Waals surface area contributed by atoms with Crippen molar-refractivity contribution in [1.29, 1.82) is 0 Å². The van der Waals surface area contributed by atoms with Crippen LogP contribution in [0, 0.1) is 0 Å². The summed E-state index contributed by atoms with van der Waals surface area (Å²) < 4.78 is 1.96. The molecule has 2 aromatic rings. The SMILES string of the molecule is O=C(O)/C=C/c1sccc1-n1cccc1. The number of aromatic nitrogens is 1. The van der Waals surface area contributed by atoms with Crippen LogP contribution in [0.5, 0.6) is 0 Å². The van der Waals surface area contributed by atoms with Crippen LogP contribution in [0.3, 0.4) is 0 Å². The van der Waals surface area contributed by atoms with Gasteiger partial charge < -0.3 is 9.67 Å². The van der Waals surface area contributed by atoms with Crippen LogP contribution in [0.15, 0.2) is 42.0 Å². The van der Waals surface area contributed by atoms with Gasteiger partial charge >= 0.3 is 5.97 Å². The minimum absolute atomic E-state index is 0.929. The summed E-state index contributed by atoms with van der Waals surface area (Å²) in [6.07, 6.45) is 6.63. The molecule has 15 heavy (non-hydrogen) atoms. The Morgan fingerprint density at radius 3 is 2.80 bits per heavy atom. The van der Waals surface area contributed by atoms with Crippen molar-refractivity contribution in [2.75, 3.05) is 0 Å². The molecule has 0 atom stereocenters. The summed E-state index contributed by atoms with van der Waals surface area (Å²) in [5.41, 5.74) is 1.00. The van der Waals surface area contributed by atoms with Crippen molar-refractivity contribution in [3.8, 4) is 5.69 Å². The van der Waals surface area contributed by atoms with E-state index in [1.54, 1.807) is 6.08 Å². The van der Waals surface area contributed by atoms with Crippen molar-refractivity contribution >= 4 is 23.4 Å². The van der Waals surface area contributed by atoms with Crippen molar-refractivity contribution < 1.29 is 9.90 Å². The number of carboxylic acids is 1. The Bertz CT molecular complexity index is 482. The van der Waals surface area contributed by atoms with E-state index in [0.29, 0.717) is 0 Å². The molecule has 0 saturated heterocycles. The molecule has 0 aromatic carbocycles. The van der Waals surface area contributed by atoms with Crippen molar-refractivity contribution in [3.05, 3.63) is 46.9 Å². The number of aliphatic carboxylic acids is 1. The van der Waals surface area contributed by atoms with E-state index < -0.39 is 5.97 Å². The quantitative estimate of drug-likeness (QED) is 0.806. The van der Waals surface area contributed by atoms with Crippen LogP contribution in [-0.2, 0) is 4.79 Å². The normalized spacial score (nSPS) is 10.9. The average molecular weight is 219 g/mol. The lowest BCUT2D eigenvalue weighted by atomic mass is 10.3. The highest BCUT2D eigenvalue weighted by Gasteiger charge is 2.02. The first-order chi connectivity index (χ1) is 7.27. The molecule has 0 aliphatic rings. The van der Waals surface area contributed by atoms with Crippen LogP contribution < -0.4 is 0 Å². The molecule has 0 bridgehead atoms. The Hall–Kier alpha value is -1.81. The van der Waals surface area contributed by atoms with Crippen LogP contribution in [0.25, 0.3) is 11.8 Å². The largest absolute Gasteiger partial charge is 0.478 e. The van der Waals surface area contributed by atoms with E-state index in [1.807, 2.05) is 40.5 Å². The van der Waals surface area contributed by atoms with Gasteiger partial charge in [-0.1, -0.05) is 0 Å². The highest BCUT2D eigenvalue weighted by molar-refractivity contribution is 7.11. The third-order valence-corrected chi connectivity index (χ3v) is 2.80. The summed E-state index contributed by atoms with van der Waals surface area (Å²) in [7, 11) is 0. The van der Waals surface area contributed by atoms with Crippen molar-refractivity contribution in [1.82, 2.24) is 4.57 Å². The maximum Gasteiger partial charge on any atom is 0.328 e. The number of hydrogen-bond donors (Lipinski definition) is 1. The van der Waals surface area contributed by atoms with Gasteiger partial charge in [0.1, 0.15) is 0 Å². The van der Waals surface area contributed by atoms with Crippen molar-refractivity contribution in [2.24, 2.45) is 0 Å². The molecule has 0 saturated carbocycles. The molecule has 0 radical (unpaired) electrons. The molecule has 3 nitrogen and oxygen atoms in total. The molecular formula is C11H9NO2S. The minimum atomic E-state index is -0.929. The topological polar surface area (TPSA) is 42.2 Å². The Morgan fingerprint density at radius 1 is 1.40 bits per heavy atom. The zero-order valence-electron chi connectivity index (χ0n) is 7.83. The van der Waals surface area contributed by atoms with Gasteiger partial charge in [0, 0.05) is 18.5 Å². The number of rotatable bonds is 3. The maximum atomic E-state index is 10.4. The van der Waals surface area contributed by atoms with E-state index in [0.717, 1.165) is 16.6 Å². The Balaban J connectivity index is 2.34. The number of carbonyl (C=O) groups is 1. The summed E-state index contributed by atoms with van der Waals surface area (Å²) in [4.78, 5) is 11.3. The molecule has 4 heteroatoms. The summed E-state index contributed by atoms with van der Waals surface area (Å²) in [6, 6.07) is 5.83. The average Bonchev–Trinajstić information content (AvgIpc) is 2.85. The third-order valence-electron chi connectivity index (χ3n) is 1.93. The third kappa shape index (κ3) is 2.16. The van der Waals surface area contributed by atoms with Crippen LogP contribution in [0.1, 0.15) is 4.88 Å².